The zero-order valence-electron chi connectivity index (χ0n) is 65.8. The summed E-state index contributed by atoms with van der Waals surface area (Å²) in [5, 5.41) is 115. The minimum absolute atomic E-state index is 0.00358. The van der Waals surface area contributed by atoms with Crippen molar-refractivity contribution >= 4 is 130 Å². The van der Waals surface area contributed by atoms with Crippen LogP contribution in [0.25, 0.3) is 0 Å². The Labute approximate surface area is 677 Å². The number of hydrogen-bond acceptors (Lipinski definition) is 21. The Hall–Kier alpha value is -12.0. The van der Waals surface area contributed by atoms with Crippen LogP contribution in [0.2, 0.25) is 0 Å². The predicted octanol–water partition coefficient (Wildman–Crippen LogP) is -10.0. The number of carbonyl (C=O) groups is 12. The first-order chi connectivity index (χ1) is 55.0. The van der Waals surface area contributed by atoms with Crippen LogP contribution in [0, 0.1) is 43.3 Å². The Morgan fingerprint density at radius 3 is 0.871 bits per heavy atom. The maximum atomic E-state index is 14.8. The van der Waals surface area contributed by atoms with Crippen LogP contribution in [0.3, 0.4) is 0 Å². The van der Waals surface area contributed by atoms with Crippen LogP contribution in [-0.2, 0) is 52.7 Å². The molecule has 2 fully saturated rings. The van der Waals surface area contributed by atoms with Gasteiger partial charge in [0.05, 0.1) is 12.1 Å². The topological polar surface area (TPSA) is 870 Å². The largest absolute Gasteiger partial charge is 0.370 e. The summed E-state index contributed by atoms with van der Waals surface area (Å²) in [6.07, 6.45) is 2.60. The van der Waals surface area contributed by atoms with Gasteiger partial charge in [-0.3, -0.25) is 96.0 Å². The van der Waals surface area contributed by atoms with Gasteiger partial charge in [-0.1, -0.05) is 6.42 Å². The van der Waals surface area contributed by atoms with Crippen molar-refractivity contribution in [1.82, 2.24) is 106 Å². The Morgan fingerprint density at radius 2 is 0.586 bits per heavy atom. The van der Waals surface area contributed by atoms with Crippen LogP contribution in [-0.4, -0.2) is 255 Å². The number of carbonyl (C=O) groups excluding carboxylic acids is 12. The molecule has 12 atom stereocenters. The van der Waals surface area contributed by atoms with Gasteiger partial charge in [0.2, 0.25) is 65.0 Å². The van der Waals surface area contributed by atoms with E-state index >= 15 is 0 Å². The minimum atomic E-state index is -1.53. The lowest BCUT2D eigenvalue weighted by Crippen LogP contribution is -2.60. The van der Waals surface area contributed by atoms with E-state index in [1.807, 2.05) is 0 Å². The third kappa shape index (κ3) is 45.0. The summed E-state index contributed by atoms with van der Waals surface area (Å²) in [5.41, 5.74) is 49.9. The van der Waals surface area contributed by atoms with Crippen LogP contribution in [0.1, 0.15) is 155 Å². The Bertz CT molecular complexity index is 3320. The van der Waals surface area contributed by atoms with Gasteiger partial charge in [0.25, 0.3) is 0 Å². The number of unbranched alkanes of at least 4 members (excludes halogenated alkanes) is 2. The van der Waals surface area contributed by atoms with E-state index in [0.29, 0.717) is 12.8 Å². The number of urea groups is 1. The van der Waals surface area contributed by atoms with Crippen LogP contribution in [0.5, 0.6) is 0 Å². The molecule has 0 saturated carbocycles. The van der Waals surface area contributed by atoms with Gasteiger partial charge in [0, 0.05) is 83.3 Å². The molecule has 2 aliphatic rings. The molecule has 49 nitrogen and oxygen atoms in total. The van der Waals surface area contributed by atoms with E-state index in [9.17, 15) is 57.5 Å². The van der Waals surface area contributed by atoms with Gasteiger partial charge in [-0.05, 0) is 135 Å². The minimum Gasteiger partial charge on any atom is -0.370 e. The number of primary amides is 1. The van der Waals surface area contributed by atoms with E-state index in [2.05, 4.69) is 106 Å². The maximum Gasteiger partial charge on any atom is 0.315 e. The molecule has 654 valence electrons. The van der Waals surface area contributed by atoms with Crippen molar-refractivity contribution in [2.75, 3.05) is 64.7 Å². The van der Waals surface area contributed by atoms with E-state index in [0.717, 1.165) is 12.2 Å². The Balaban J connectivity index is 2.45. The van der Waals surface area contributed by atoms with E-state index in [4.69, 9.17) is 94.9 Å². The van der Waals surface area contributed by atoms with Gasteiger partial charge >= 0.3 is 6.03 Å². The fourth-order valence-electron chi connectivity index (χ4n) is 12.2. The first-order valence-electron chi connectivity index (χ1n) is 38.5. The molecule has 116 heavy (non-hydrogen) atoms. The molecule has 46 N–H and O–H groups in total. The molecule has 2 heterocycles. The van der Waals surface area contributed by atoms with E-state index in [1.54, 1.807) is 11.8 Å². The number of thioether (sulfide) groups is 1. The second-order valence-electron chi connectivity index (χ2n) is 27.7. The first-order valence-corrected chi connectivity index (χ1v) is 39.6. The Morgan fingerprint density at radius 1 is 0.328 bits per heavy atom. The monoisotopic (exact) mass is 1660 g/mol. The highest BCUT2D eigenvalue weighted by molar-refractivity contribution is 8.00. The Kier molecular flexibility index (Phi) is 48.5. The van der Waals surface area contributed by atoms with Gasteiger partial charge < -0.3 is 158 Å². The summed E-state index contributed by atoms with van der Waals surface area (Å²) in [7, 11) is 0. The first kappa shape index (κ1) is 100. The SMILES string of the molecule is CC(=O)N[C@@H](CCCNC(=N)N)C(=O)N[C@@H](CCCNC(=N)N)C(=O)N[C@@H](CCCNC(=N)N)C(=O)N[C@@H](CCCNC(=N)N)C(=O)N[C@@H](CCCNC(=N)N)C(=O)N[C@@H](CCCNC(=N)N)C(=O)NCCCCC(NC(=O)[C@H](CCCNC(=N)N)NC(=O)[C@H](CCCNC(=N)N)NC(=O)CCCC[C@@H]1SC[C@@H]2NC(=O)N[C@@H]21)C(N)=O. The van der Waals surface area contributed by atoms with Crippen molar-refractivity contribution in [3.8, 4) is 0 Å². The number of nitrogens with one attached hydrogen (secondary N) is 28. The average molecular weight is 1660 g/mol. The van der Waals surface area contributed by atoms with Crippen molar-refractivity contribution in [1.29, 1.82) is 43.3 Å². The number of rotatable bonds is 60. The average Bonchev–Trinajstić information content (AvgIpc) is 1.66. The third-order valence-electron chi connectivity index (χ3n) is 18.0. The molecule has 0 aromatic carbocycles. The number of hydrogen-bond donors (Lipinski definition) is 37. The van der Waals surface area contributed by atoms with E-state index in [1.165, 1.54) is 6.92 Å². The number of amides is 13. The lowest BCUT2D eigenvalue weighted by Gasteiger charge is -2.28. The molecule has 0 radical (unpaired) electrons. The molecule has 2 rings (SSSR count). The van der Waals surface area contributed by atoms with Gasteiger partial charge in [-0.15, -0.1) is 0 Å². The van der Waals surface area contributed by atoms with Crippen molar-refractivity contribution in [3.63, 3.8) is 0 Å². The van der Waals surface area contributed by atoms with E-state index < -0.39 is 137 Å². The summed E-state index contributed by atoms with van der Waals surface area (Å²) in [6, 6.07) is -12.4. The number of guanidine groups is 8. The van der Waals surface area contributed by atoms with Crippen LogP contribution < -0.4 is 158 Å². The van der Waals surface area contributed by atoms with Crippen LogP contribution >= 0.6 is 11.8 Å². The maximum absolute atomic E-state index is 14.8. The van der Waals surface area contributed by atoms with Crippen molar-refractivity contribution < 1.29 is 57.5 Å². The fraction of sp³-hybridized carbons (Fsp3) is 0.697. The molecule has 13 amide bonds. The van der Waals surface area contributed by atoms with Gasteiger partial charge in [-0.2, -0.15) is 11.8 Å². The van der Waals surface area contributed by atoms with Crippen LogP contribution in [0.15, 0.2) is 0 Å². The van der Waals surface area contributed by atoms with Gasteiger partial charge in [-0.25, -0.2) is 4.79 Å². The lowest BCUT2D eigenvalue weighted by molar-refractivity contribution is -0.135. The van der Waals surface area contributed by atoms with Crippen molar-refractivity contribution in [2.24, 2.45) is 51.6 Å². The van der Waals surface area contributed by atoms with Crippen LogP contribution in [0.4, 0.5) is 4.79 Å². The highest BCUT2D eigenvalue weighted by atomic mass is 32.2. The second-order valence-corrected chi connectivity index (χ2v) is 29.0. The molecule has 0 aromatic rings. The summed E-state index contributed by atoms with van der Waals surface area (Å²) >= 11 is 1.74. The van der Waals surface area contributed by atoms with E-state index in [-0.39, 0.29) is 240 Å². The normalized spacial score (nSPS) is 16.0. The zero-order valence-corrected chi connectivity index (χ0v) is 66.6. The van der Waals surface area contributed by atoms with Crippen molar-refractivity contribution in [3.05, 3.63) is 0 Å². The van der Waals surface area contributed by atoms with Gasteiger partial charge in [0.15, 0.2) is 47.7 Å². The molecule has 2 aliphatic heterocycles. The van der Waals surface area contributed by atoms with Gasteiger partial charge in [0.1, 0.15) is 54.4 Å². The molecule has 0 aliphatic carbocycles. The highest BCUT2D eigenvalue weighted by Gasteiger charge is 2.43. The van der Waals surface area contributed by atoms with Crippen molar-refractivity contribution in [2.45, 2.75) is 226 Å². The zero-order chi connectivity index (χ0) is 86.7. The standard InChI is InChI=1S/C66H127N37O12S/c1-35(104)93-38(16-7-27-86-59(70)71)51(108)97-42(20-11-31-90-63(78)79)55(112)100-44(22-13-33-92-65(82)83)57(114)101-43(21-12-32-91-64(80)81)56(113)99-41(19-10-30-89-62(76)77)54(111)96-37(15-6-26-85-58(68)69)50(107)84-25-5-4-14-36(49(67)106)95-53(110)40(18-9-29-88-61(74)75)98-52(109)39(17-8-28-87-60(72)73)94-47(105)24-3-2-23-46-48-45(34-116-46)102-66(115)103-48/h36-46,48H,2-34H2,1H3,(H2,67,106)(H,84,107)(H,93,104)(H,94,105)(H,95,110)(H,96,111)(H,97,108)(H,98,109)(H,99,113)(H,100,112)(H,101,114)(H4,68,69,85)(H4,70,71,86)(H4,72,73,87)(H4,74,75,88)(H4,76,77,89)(H4,78,79,90)(H4,80,81,91)(H4,82,83,92)(H2,102,103,115)/t36?,37-,38-,39-,40-,41-,42-,43-,44-,45-,46-,48-/m0/s1. The number of nitrogens with two attached hydrogens (primary N) is 9. The summed E-state index contributed by atoms with van der Waals surface area (Å²) in [5.74, 6) is -11.0. The summed E-state index contributed by atoms with van der Waals surface area (Å²) < 4.78 is 0. The molecule has 0 aromatic heterocycles. The number of fused-ring (bicyclic) bond motifs is 1. The summed E-state index contributed by atoms with van der Waals surface area (Å²) in [4.78, 5) is 166. The highest BCUT2D eigenvalue weighted by Crippen LogP contribution is 2.33. The molecular weight excluding hydrogens is 1540 g/mol. The lowest BCUT2D eigenvalue weighted by atomic mass is 10.0. The summed E-state index contributed by atoms with van der Waals surface area (Å²) in [6.45, 7) is 1.71. The quantitative estimate of drug-likeness (QED) is 0.0116. The molecule has 1 unspecified atom stereocenters. The third-order valence-corrected chi connectivity index (χ3v) is 19.5. The predicted molar refractivity (Wildman–Crippen MR) is 436 cm³/mol. The fourth-order valence-corrected chi connectivity index (χ4v) is 13.7. The molecule has 0 spiro atoms. The second kappa shape index (κ2) is 56.2. The molecular formula is C66H127N37O12S. The molecule has 0 bridgehead atoms. The molecule has 2 saturated heterocycles. The smallest absolute Gasteiger partial charge is 0.315 e. The molecule has 50 heteroatoms.